The van der Waals surface area contributed by atoms with Gasteiger partial charge in [0, 0.05) is 12.6 Å². The van der Waals surface area contributed by atoms with Gasteiger partial charge in [-0.25, -0.2) is 8.42 Å². The third-order valence-corrected chi connectivity index (χ3v) is 6.24. The molecule has 0 heterocycles. The lowest BCUT2D eigenvalue weighted by Gasteiger charge is -2.29. The zero-order chi connectivity index (χ0) is 21.7. The van der Waals surface area contributed by atoms with E-state index in [4.69, 9.17) is 0 Å². The van der Waals surface area contributed by atoms with E-state index in [1.54, 1.807) is 0 Å². The first kappa shape index (κ1) is 23.1. The Morgan fingerprint density at radius 1 is 1.07 bits per heavy atom. The van der Waals surface area contributed by atoms with Gasteiger partial charge in [0.15, 0.2) is 0 Å². The summed E-state index contributed by atoms with van der Waals surface area (Å²) >= 11 is 0. The lowest BCUT2D eigenvalue weighted by atomic mass is 9.79. The Morgan fingerprint density at radius 3 is 2.21 bits per heavy atom. The van der Waals surface area contributed by atoms with Crippen LogP contribution in [0.25, 0.3) is 0 Å². The fourth-order valence-electron chi connectivity index (χ4n) is 3.49. The summed E-state index contributed by atoms with van der Waals surface area (Å²) in [5.74, 6) is -0.293. The third kappa shape index (κ3) is 7.29. The fraction of sp³-hybridized carbons (Fsp3) is 0.435. The van der Waals surface area contributed by atoms with Crippen molar-refractivity contribution >= 4 is 15.9 Å². The number of nitrogens with one attached hydrogen (secondary N) is 1. The maximum atomic E-state index is 12.6. The van der Waals surface area contributed by atoms with E-state index in [0.717, 1.165) is 23.8 Å². The number of nitrogens with zero attached hydrogens (tertiary/aromatic N) is 1. The number of aryl methyl sites for hydroxylation is 1. The largest absolute Gasteiger partial charge is 0.352 e. The van der Waals surface area contributed by atoms with Crippen molar-refractivity contribution in [3.05, 3.63) is 71.3 Å². The minimum atomic E-state index is -3.51. The first-order valence-corrected chi connectivity index (χ1v) is 11.7. The van der Waals surface area contributed by atoms with E-state index in [9.17, 15) is 13.2 Å². The molecule has 2 rings (SSSR count). The van der Waals surface area contributed by atoms with Crippen LogP contribution >= 0.6 is 0 Å². The summed E-state index contributed by atoms with van der Waals surface area (Å²) in [5.41, 5.74) is 3.06. The van der Waals surface area contributed by atoms with Gasteiger partial charge in [-0.05, 0) is 36.8 Å². The first-order valence-electron chi connectivity index (χ1n) is 9.83. The lowest BCUT2D eigenvalue weighted by Crippen LogP contribution is -2.44. The zero-order valence-electron chi connectivity index (χ0n) is 18.0. The maximum Gasteiger partial charge on any atom is 0.235 e. The molecule has 1 amide bonds. The second-order valence-electron chi connectivity index (χ2n) is 8.44. The van der Waals surface area contributed by atoms with Gasteiger partial charge in [-0.15, -0.1) is 0 Å². The predicted octanol–water partition coefficient (Wildman–Crippen LogP) is 3.63. The normalized spacial score (nSPS) is 13.3. The number of sulfonamides is 1. The molecule has 29 heavy (non-hydrogen) atoms. The van der Waals surface area contributed by atoms with Crippen molar-refractivity contribution < 1.29 is 13.2 Å². The number of amides is 1. The Balaban J connectivity index is 1.99. The van der Waals surface area contributed by atoms with E-state index in [1.165, 1.54) is 9.87 Å². The van der Waals surface area contributed by atoms with E-state index >= 15 is 0 Å². The number of rotatable bonds is 9. The molecule has 1 N–H and O–H groups in total. The highest BCUT2D eigenvalue weighted by Gasteiger charge is 2.26. The van der Waals surface area contributed by atoms with Crippen LogP contribution in [0.5, 0.6) is 0 Å². The van der Waals surface area contributed by atoms with E-state index < -0.39 is 10.0 Å². The van der Waals surface area contributed by atoms with Crippen molar-refractivity contribution in [3.63, 3.8) is 0 Å². The Morgan fingerprint density at radius 2 is 1.66 bits per heavy atom. The van der Waals surface area contributed by atoms with Gasteiger partial charge in [0.2, 0.25) is 15.9 Å². The van der Waals surface area contributed by atoms with Crippen molar-refractivity contribution in [3.8, 4) is 0 Å². The van der Waals surface area contributed by atoms with Crippen LogP contribution in [-0.4, -0.2) is 37.5 Å². The minimum absolute atomic E-state index is 0.0847. The van der Waals surface area contributed by atoms with Crippen LogP contribution in [-0.2, 0) is 26.8 Å². The SMILES string of the molecule is Cc1ccc(CN(CC(=O)N[C@H](C)CC(C)(C)c2ccccc2)S(C)(=O)=O)cc1. The van der Waals surface area contributed by atoms with Crippen LogP contribution in [0.3, 0.4) is 0 Å². The number of hydrogen-bond donors (Lipinski definition) is 1. The van der Waals surface area contributed by atoms with Gasteiger partial charge in [-0.2, -0.15) is 4.31 Å². The van der Waals surface area contributed by atoms with Gasteiger partial charge in [-0.3, -0.25) is 4.79 Å². The van der Waals surface area contributed by atoms with Crippen LogP contribution in [0.2, 0.25) is 0 Å². The molecule has 0 aliphatic rings. The van der Waals surface area contributed by atoms with Gasteiger partial charge in [0.1, 0.15) is 0 Å². The molecule has 0 radical (unpaired) electrons. The summed E-state index contributed by atoms with van der Waals surface area (Å²) in [7, 11) is -3.51. The third-order valence-electron chi connectivity index (χ3n) is 5.05. The summed E-state index contributed by atoms with van der Waals surface area (Å²) in [6, 6.07) is 17.7. The average molecular weight is 417 g/mol. The number of carbonyl (C=O) groups excluding carboxylic acids is 1. The molecule has 5 nitrogen and oxygen atoms in total. The van der Waals surface area contributed by atoms with Crippen LogP contribution < -0.4 is 5.32 Å². The molecule has 0 bridgehead atoms. The first-order chi connectivity index (χ1) is 13.5. The molecule has 0 unspecified atom stereocenters. The highest BCUT2D eigenvalue weighted by atomic mass is 32.2. The molecular weight excluding hydrogens is 384 g/mol. The van der Waals surface area contributed by atoms with Crippen molar-refractivity contribution in [1.29, 1.82) is 0 Å². The highest BCUT2D eigenvalue weighted by Crippen LogP contribution is 2.28. The van der Waals surface area contributed by atoms with Crippen LogP contribution in [0.15, 0.2) is 54.6 Å². The molecule has 0 spiro atoms. The molecule has 2 aromatic rings. The molecule has 0 saturated carbocycles. The van der Waals surface area contributed by atoms with Gasteiger partial charge >= 0.3 is 0 Å². The topological polar surface area (TPSA) is 66.5 Å². The Kier molecular flexibility index (Phi) is 7.60. The maximum absolute atomic E-state index is 12.6. The number of hydrogen-bond acceptors (Lipinski definition) is 3. The van der Waals surface area contributed by atoms with Gasteiger partial charge in [-0.1, -0.05) is 74.0 Å². The highest BCUT2D eigenvalue weighted by molar-refractivity contribution is 7.88. The number of carbonyl (C=O) groups is 1. The standard InChI is InChI=1S/C23H32N2O3S/c1-18-11-13-20(14-12-18)16-25(29(5,27)28)17-22(26)24-19(2)15-23(3,4)21-9-7-6-8-10-21/h6-14,19H,15-17H2,1-5H3,(H,24,26)/t19-/m1/s1. The van der Waals surface area contributed by atoms with Crippen molar-refractivity contribution in [2.45, 2.75) is 52.1 Å². The molecule has 0 aliphatic heterocycles. The predicted molar refractivity (Wildman–Crippen MR) is 118 cm³/mol. The molecule has 0 saturated heterocycles. The van der Waals surface area contributed by atoms with E-state index in [-0.39, 0.29) is 30.5 Å². The van der Waals surface area contributed by atoms with Crippen molar-refractivity contribution in [1.82, 2.24) is 9.62 Å². The van der Waals surface area contributed by atoms with Crippen molar-refractivity contribution in [2.24, 2.45) is 0 Å². The van der Waals surface area contributed by atoms with Crippen LogP contribution in [0.4, 0.5) is 0 Å². The molecule has 0 aromatic heterocycles. The summed E-state index contributed by atoms with van der Waals surface area (Å²) in [6.45, 7) is 8.20. The monoisotopic (exact) mass is 416 g/mol. The Hall–Kier alpha value is -2.18. The summed E-state index contributed by atoms with van der Waals surface area (Å²) < 4.78 is 25.6. The van der Waals surface area contributed by atoms with Crippen LogP contribution in [0, 0.1) is 6.92 Å². The quantitative estimate of drug-likeness (QED) is 0.679. The van der Waals surface area contributed by atoms with E-state index in [1.807, 2.05) is 56.3 Å². The molecule has 158 valence electrons. The molecule has 0 aliphatic carbocycles. The summed E-state index contributed by atoms with van der Waals surface area (Å²) in [6.07, 6.45) is 1.88. The molecule has 1 atom stereocenters. The Labute approximate surface area is 175 Å². The summed E-state index contributed by atoms with van der Waals surface area (Å²) in [5, 5.41) is 2.96. The van der Waals surface area contributed by atoms with E-state index in [2.05, 4.69) is 31.3 Å². The molecular formula is C23H32N2O3S. The minimum Gasteiger partial charge on any atom is -0.352 e. The summed E-state index contributed by atoms with van der Waals surface area (Å²) in [4.78, 5) is 12.6. The molecule has 2 aromatic carbocycles. The Bertz CT molecular complexity index is 907. The lowest BCUT2D eigenvalue weighted by molar-refractivity contribution is -0.122. The molecule has 6 heteroatoms. The van der Waals surface area contributed by atoms with Gasteiger partial charge < -0.3 is 5.32 Å². The van der Waals surface area contributed by atoms with Crippen molar-refractivity contribution in [2.75, 3.05) is 12.8 Å². The van der Waals surface area contributed by atoms with Gasteiger partial charge in [0.25, 0.3) is 0 Å². The second kappa shape index (κ2) is 9.55. The average Bonchev–Trinajstić information content (AvgIpc) is 2.62. The fourth-order valence-corrected chi connectivity index (χ4v) is 4.23. The van der Waals surface area contributed by atoms with Crippen LogP contribution in [0.1, 0.15) is 43.9 Å². The van der Waals surface area contributed by atoms with E-state index in [0.29, 0.717) is 0 Å². The molecule has 0 fully saturated rings. The van der Waals surface area contributed by atoms with Gasteiger partial charge in [0.05, 0.1) is 12.8 Å². The smallest absolute Gasteiger partial charge is 0.235 e. The zero-order valence-corrected chi connectivity index (χ0v) is 18.8. The second-order valence-corrected chi connectivity index (χ2v) is 10.4. The number of benzene rings is 2.